The summed E-state index contributed by atoms with van der Waals surface area (Å²) in [4.78, 5) is 12.4. The predicted octanol–water partition coefficient (Wildman–Crippen LogP) is 5.34. The molecule has 0 aliphatic heterocycles. The molecule has 5 nitrogen and oxygen atoms in total. The first-order chi connectivity index (χ1) is 14.6. The Kier molecular flexibility index (Phi) is 5.82. The number of nitrogens with zero attached hydrogens (tertiary/aromatic N) is 1. The molecule has 0 bridgehead atoms. The van der Waals surface area contributed by atoms with E-state index in [1.165, 1.54) is 0 Å². The summed E-state index contributed by atoms with van der Waals surface area (Å²) in [5, 5.41) is 11.0. The van der Waals surface area contributed by atoms with Crippen molar-refractivity contribution in [1.29, 1.82) is 0 Å². The molecule has 0 fully saturated rings. The Morgan fingerprint density at radius 3 is 2.30 bits per heavy atom. The van der Waals surface area contributed by atoms with Gasteiger partial charge in [-0.1, -0.05) is 48.0 Å². The summed E-state index contributed by atoms with van der Waals surface area (Å²) in [5.41, 5.74) is 5.26. The van der Waals surface area contributed by atoms with Crippen molar-refractivity contribution in [1.82, 2.24) is 15.5 Å². The second-order valence-corrected chi connectivity index (χ2v) is 7.22. The average Bonchev–Trinajstić information content (AvgIpc) is 3.29. The first-order valence-electron chi connectivity index (χ1n) is 9.45. The van der Waals surface area contributed by atoms with Crippen molar-refractivity contribution in [3.8, 4) is 28.3 Å². The van der Waals surface area contributed by atoms with Crippen LogP contribution in [0.25, 0.3) is 22.5 Å². The van der Waals surface area contributed by atoms with Crippen LogP contribution in [0.1, 0.15) is 15.9 Å². The van der Waals surface area contributed by atoms with Crippen LogP contribution in [0.5, 0.6) is 5.75 Å². The molecule has 2 N–H and O–H groups in total. The van der Waals surface area contributed by atoms with E-state index >= 15 is 0 Å². The molecule has 4 aromatic rings. The number of carbonyl (C=O) groups excluding carboxylic acids is 1. The largest absolute Gasteiger partial charge is 0.497 e. The zero-order valence-electron chi connectivity index (χ0n) is 16.4. The lowest BCUT2D eigenvalue weighted by atomic mass is 10.1. The number of halogens is 1. The molecule has 30 heavy (non-hydrogen) atoms. The number of benzene rings is 3. The fraction of sp³-hybridized carbons (Fsp3) is 0.0833. The summed E-state index contributed by atoms with van der Waals surface area (Å²) in [7, 11) is 1.63. The van der Waals surface area contributed by atoms with Crippen LogP contribution in [0.4, 0.5) is 0 Å². The van der Waals surface area contributed by atoms with Crippen LogP contribution in [-0.4, -0.2) is 23.2 Å². The van der Waals surface area contributed by atoms with Gasteiger partial charge in [-0.05, 0) is 53.6 Å². The zero-order valence-corrected chi connectivity index (χ0v) is 17.1. The highest BCUT2D eigenvalue weighted by Crippen LogP contribution is 2.25. The van der Waals surface area contributed by atoms with Gasteiger partial charge < -0.3 is 10.1 Å². The molecular formula is C24H20ClN3O2. The highest BCUT2D eigenvalue weighted by atomic mass is 35.5. The highest BCUT2D eigenvalue weighted by Gasteiger charge is 2.09. The molecule has 1 amide bonds. The average molecular weight is 418 g/mol. The molecule has 0 aliphatic carbocycles. The topological polar surface area (TPSA) is 67.0 Å². The van der Waals surface area contributed by atoms with Crippen molar-refractivity contribution < 1.29 is 9.53 Å². The number of hydrogen-bond acceptors (Lipinski definition) is 3. The Morgan fingerprint density at radius 1 is 0.967 bits per heavy atom. The summed E-state index contributed by atoms with van der Waals surface area (Å²) in [6.07, 6.45) is 0. The van der Waals surface area contributed by atoms with E-state index in [2.05, 4.69) is 15.5 Å². The minimum atomic E-state index is -0.124. The number of aromatic amines is 1. The molecule has 4 rings (SSSR count). The van der Waals surface area contributed by atoms with Gasteiger partial charge in [-0.25, -0.2) is 0 Å². The van der Waals surface area contributed by atoms with Gasteiger partial charge in [0.2, 0.25) is 0 Å². The van der Waals surface area contributed by atoms with Gasteiger partial charge in [0.05, 0.1) is 18.5 Å². The number of nitrogens with one attached hydrogen (secondary N) is 2. The van der Waals surface area contributed by atoms with Crippen LogP contribution in [0.3, 0.4) is 0 Å². The normalized spacial score (nSPS) is 10.6. The van der Waals surface area contributed by atoms with Crippen molar-refractivity contribution in [2.45, 2.75) is 6.54 Å². The fourth-order valence-corrected chi connectivity index (χ4v) is 3.19. The van der Waals surface area contributed by atoms with Crippen LogP contribution in [0, 0.1) is 0 Å². The third-order valence-corrected chi connectivity index (χ3v) is 5.04. The minimum Gasteiger partial charge on any atom is -0.497 e. The summed E-state index contributed by atoms with van der Waals surface area (Å²) < 4.78 is 5.14. The summed E-state index contributed by atoms with van der Waals surface area (Å²) in [5.74, 6) is 0.666. The van der Waals surface area contributed by atoms with E-state index in [1.807, 2.05) is 66.7 Å². The van der Waals surface area contributed by atoms with Crippen LogP contribution in [-0.2, 0) is 6.54 Å². The molecule has 0 atom stereocenters. The van der Waals surface area contributed by atoms with E-state index in [0.29, 0.717) is 17.1 Å². The van der Waals surface area contributed by atoms with Gasteiger partial charge in [0.25, 0.3) is 5.91 Å². The van der Waals surface area contributed by atoms with Crippen molar-refractivity contribution in [3.63, 3.8) is 0 Å². The van der Waals surface area contributed by atoms with E-state index in [0.717, 1.165) is 33.8 Å². The molecule has 6 heteroatoms. The second-order valence-electron chi connectivity index (χ2n) is 6.78. The molecular weight excluding hydrogens is 398 g/mol. The van der Waals surface area contributed by atoms with Crippen LogP contribution < -0.4 is 10.1 Å². The smallest absolute Gasteiger partial charge is 0.251 e. The number of methoxy groups -OCH3 is 1. The lowest BCUT2D eigenvalue weighted by Gasteiger charge is -2.07. The van der Waals surface area contributed by atoms with E-state index in [9.17, 15) is 4.79 Å². The third-order valence-electron chi connectivity index (χ3n) is 4.79. The molecule has 3 aromatic carbocycles. The minimum absolute atomic E-state index is 0.124. The monoisotopic (exact) mass is 417 g/mol. The first-order valence-corrected chi connectivity index (χ1v) is 9.83. The van der Waals surface area contributed by atoms with Gasteiger partial charge in [-0.2, -0.15) is 5.10 Å². The van der Waals surface area contributed by atoms with Crippen molar-refractivity contribution in [3.05, 3.63) is 95.0 Å². The maximum atomic E-state index is 12.4. The summed E-state index contributed by atoms with van der Waals surface area (Å²) >= 11 is 5.95. The molecule has 0 unspecified atom stereocenters. The van der Waals surface area contributed by atoms with Crippen molar-refractivity contribution in [2.75, 3.05) is 7.11 Å². The molecule has 0 aliphatic rings. The van der Waals surface area contributed by atoms with Gasteiger partial charge in [-0.15, -0.1) is 0 Å². The lowest BCUT2D eigenvalue weighted by Crippen LogP contribution is -2.22. The first kappa shape index (κ1) is 19.7. The molecule has 0 radical (unpaired) electrons. The predicted molar refractivity (Wildman–Crippen MR) is 119 cm³/mol. The quantitative estimate of drug-likeness (QED) is 0.445. The van der Waals surface area contributed by atoms with Crippen molar-refractivity contribution >= 4 is 17.5 Å². The molecule has 0 saturated carbocycles. The number of amides is 1. The van der Waals surface area contributed by atoms with Crippen LogP contribution in [0.15, 0.2) is 78.9 Å². The SMILES string of the molecule is COc1ccc(CNC(=O)c2ccc(-c3cc(-c4ccc(Cl)cc4)[nH]n3)cc2)cc1. The number of H-pyrrole nitrogens is 1. The van der Waals surface area contributed by atoms with Crippen LogP contribution >= 0.6 is 11.6 Å². The number of ether oxygens (including phenoxy) is 1. The van der Waals surface area contributed by atoms with E-state index in [1.54, 1.807) is 19.2 Å². The molecule has 0 saturated heterocycles. The maximum Gasteiger partial charge on any atom is 0.251 e. The Morgan fingerprint density at radius 2 is 1.63 bits per heavy atom. The molecule has 150 valence electrons. The second kappa shape index (κ2) is 8.84. The Labute approximate surface area is 179 Å². The van der Waals surface area contributed by atoms with Gasteiger partial charge >= 0.3 is 0 Å². The number of carbonyl (C=O) groups is 1. The highest BCUT2D eigenvalue weighted by molar-refractivity contribution is 6.30. The van der Waals surface area contributed by atoms with Crippen LogP contribution in [0.2, 0.25) is 5.02 Å². The Bertz CT molecular complexity index is 1130. The molecule has 1 aromatic heterocycles. The van der Waals surface area contributed by atoms with E-state index < -0.39 is 0 Å². The van der Waals surface area contributed by atoms with Gasteiger partial charge in [0.15, 0.2) is 0 Å². The maximum absolute atomic E-state index is 12.4. The van der Waals surface area contributed by atoms with E-state index in [4.69, 9.17) is 16.3 Å². The number of hydrogen-bond donors (Lipinski definition) is 2. The van der Waals surface area contributed by atoms with E-state index in [-0.39, 0.29) is 5.91 Å². The number of rotatable bonds is 6. The Hall–Kier alpha value is -3.57. The number of aromatic nitrogens is 2. The van der Waals surface area contributed by atoms with Gasteiger partial charge in [-0.3, -0.25) is 9.89 Å². The summed E-state index contributed by atoms with van der Waals surface area (Å²) in [6.45, 7) is 0.453. The zero-order chi connectivity index (χ0) is 20.9. The summed E-state index contributed by atoms with van der Waals surface area (Å²) in [6, 6.07) is 24.5. The third kappa shape index (κ3) is 4.53. The standard InChI is InChI=1S/C24H20ClN3O2/c1-30-21-12-2-16(3-13-21)15-26-24(29)19-6-4-17(5-7-19)22-14-23(28-27-22)18-8-10-20(25)11-9-18/h2-14H,15H2,1H3,(H,26,29)(H,27,28). The molecule has 0 spiro atoms. The van der Waals surface area contributed by atoms with Crippen molar-refractivity contribution in [2.24, 2.45) is 0 Å². The fourth-order valence-electron chi connectivity index (χ4n) is 3.07. The molecule has 1 heterocycles. The lowest BCUT2D eigenvalue weighted by molar-refractivity contribution is 0.0951. The van der Waals surface area contributed by atoms with Gasteiger partial charge in [0.1, 0.15) is 5.75 Å². The van der Waals surface area contributed by atoms with Gasteiger partial charge in [0, 0.05) is 22.7 Å². The Balaban J connectivity index is 1.41.